The number of carbonyl (C=O) groups is 4. The number of hydrogen-bond donors (Lipinski definition) is 0. The molecule has 12 heterocycles. The maximum atomic E-state index is 13.3. The Balaban J connectivity index is 0.000000132. The van der Waals surface area contributed by atoms with Crippen LogP contribution in [-0.2, 0) is 51.8 Å². The zero-order chi connectivity index (χ0) is 95.4. The highest BCUT2D eigenvalue weighted by atomic mass is 16.5. The van der Waals surface area contributed by atoms with Crippen LogP contribution in [0.3, 0.4) is 0 Å². The summed E-state index contributed by atoms with van der Waals surface area (Å²) in [5.41, 5.74) is 23.4. The van der Waals surface area contributed by atoms with Crippen molar-refractivity contribution in [2.24, 2.45) is 0 Å². The summed E-state index contributed by atoms with van der Waals surface area (Å²) in [6.07, 6.45) is 10.8. The summed E-state index contributed by atoms with van der Waals surface area (Å²) < 4.78 is 22.8. The zero-order valence-electron chi connectivity index (χ0n) is 79.7. The lowest BCUT2D eigenvalue weighted by Crippen LogP contribution is -2.50. The minimum atomic E-state index is 0.0530. The second-order valence-electron chi connectivity index (χ2n) is 34.5. The van der Waals surface area contributed by atoms with Crippen LogP contribution in [0, 0.1) is 48.5 Å². The largest absolute Gasteiger partial charge is 0.494 e. The molecule has 4 fully saturated rings. The molecule has 0 unspecified atom stereocenters. The molecule has 0 spiro atoms. The molecule has 4 aliphatic rings. The molecule has 0 bridgehead atoms. The lowest BCUT2D eigenvalue weighted by molar-refractivity contribution is -0.133. The lowest BCUT2D eigenvalue weighted by Gasteiger charge is -2.35. The molecule has 0 N–H and O–H groups in total. The molecular weight excluding hydrogens is 1720 g/mol. The van der Waals surface area contributed by atoms with Crippen LogP contribution < -0.4 is 33.8 Å². The molecule has 0 saturated carbocycles. The summed E-state index contributed by atoms with van der Waals surface area (Å²) in [5, 5.41) is 19.3. The highest BCUT2D eigenvalue weighted by Gasteiger charge is 2.31. The summed E-state index contributed by atoms with van der Waals surface area (Å²) in [7, 11) is 4.78. The van der Waals surface area contributed by atoms with Gasteiger partial charge in [0.05, 0.1) is 86.0 Å². The first-order chi connectivity index (χ1) is 66.7. The van der Waals surface area contributed by atoms with Gasteiger partial charge in [-0.15, -0.1) is 0 Å². The van der Waals surface area contributed by atoms with E-state index >= 15 is 0 Å². The van der Waals surface area contributed by atoms with E-state index in [1.54, 1.807) is 46.1 Å². The maximum absolute atomic E-state index is 13.3. The van der Waals surface area contributed by atoms with Gasteiger partial charge in [-0.1, -0.05) is 164 Å². The number of nitrogens with zero attached hydrogens (tertiary/aromatic N) is 23. The van der Waals surface area contributed by atoms with Crippen molar-refractivity contribution in [3.63, 3.8) is 0 Å². The summed E-state index contributed by atoms with van der Waals surface area (Å²) in [4.78, 5) is 99.4. The monoisotopic (exact) mass is 1840 g/mol. The van der Waals surface area contributed by atoms with Gasteiger partial charge in [0.2, 0.25) is 41.4 Å². The van der Waals surface area contributed by atoms with Gasteiger partial charge in [-0.25, -0.2) is 34.9 Å². The number of methoxy groups -OCH3 is 3. The third-order valence-corrected chi connectivity index (χ3v) is 25.6. The minimum Gasteiger partial charge on any atom is -0.494 e. The molecule has 19 rings (SSSR count). The number of benzene rings is 7. The quantitative estimate of drug-likeness (QED) is 0.0575. The van der Waals surface area contributed by atoms with Crippen molar-refractivity contribution in [2.45, 2.75) is 88.0 Å². The average molecular weight is 1840 g/mol. The Labute approximate surface area is 799 Å². The molecule has 4 amide bonds. The van der Waals surface area contributed by atoms with Crippen molar-refractivity contribution in [1.82, 2.24) is 93.6 Å². The molecule has 15 aromatic rings. The van der Waals surface area contributed by atoms with E-state index in [0.29, 0.717) is 121 Å². The molecule has 30 heteroatoms. The van der Waals surface area contributed by atoms with Gasteiger partial charge in [0.15, 0.2) is 11.5 Å². The fourth-order valence-electron chi connectivity index (χ4n) is 17.0. The standard InChI is InChI=1S/2C28H30N6O2.C28H29N5O.C23H28N6O2/c1-20-9-10-23(15-21(20)2)25-16-26(22-7-5-4-6-8-22)34(31-25)19-27(35)32-11-13-33(14-12-32)28-29-17-24(36-3)18-30-28;1-20-9-10-23(15-21(20)2)24-16-25(22-7-5-4-6-8-22)34(31-24)18-28(35)33-13-11-32(12-14-33)26-17-27(36-3)30-19-29-26;1-21-11-12-24(18-22(21)2)25-19-26(23-8-4-3-5-9-23)33(30-25)20-28(34)32-16-14-31(15-17-32)27-10-6-7-13-29-27;1-4-19-13-21(18-7-5-6-17(2)12-18)26-29(19)16-22(30)27-8-10-28(11-9-27)23-24-14-20(31-3)15-25-23/h4-10,15-18H,11-14,19H2,1-3H3;4-10,15-17,19H,11-14,18H2,1-3H3;3-13,18-19H,14-17,20H2,1-2H3;5-7,12-15H,4,8-11,16H2,1-3H3. The zero-order valence-corrected chi connectivity index (χ0v) is 79.7. The van der Waals surface area contributed by atoms with Crippen LogP contribution in [0.2, 0.25) is 0 Å². The number of amides is 4. The highest BCUT2D eigenvalue weighted by molar-refractivity contribution is 5.82. The highest BCUT2D eigenvalue weighted by Crippen LogP contribution is 2.34. The Bertz CT molecular complexity index is 6600. The SMILES string of the molecule is CCc1cc(-c2cccc(C)c2)nn1CC(=O)N1CCN(c2ncc(OC)cn2)CC1.COc1cc(N2CCN(C(=O)Cn3nc(-c4ccc(C)c(C)c4)cc3-c3ccccc3)CC2)ncn1.COc1cnc(N2CCN(C(=O)Cn3nc(-c4ccc(C)c(C)c4)cc3-c3ccccc3)CC2)nc1.Cc1ccc(-c2cc(-c3ccccc3)n(CC(=O)N3CCN(c4ccccn4)CC3)n2)cc1C. The van der Waals surface area contributed by atoms with Gasteiger partial charge in [-0.2, -0.15) is 20.4 Å². The van der Waals surface area contributed by atoms with Crippen LogP contribution in [0.1, 0.15) is 51.6 Å². The van der Waals surface area contributed by atoms with E-state index in [0.717, 1.165) is 116 Å². The van der Waals surface area contributed by atoms with E-state index in [4.69, 9.17) is 34.6 Å². The molecule has 4 saturated heterocycles. The Hall–Kier alpha value is -15.8. The number of carbonyl (C=O) groups excluding carboxylic acids is 4. The van der Waals surface area contributed by atoms with Gasteiger partial charge in [0.25, 0.3) is 0 Å². The number of anilines is 4. The van der Waals surface area contributed by atoms with Crippen molar-refractivity contribution in [3.8, 4) is 96.2 Å². The first kappa shape index (κ1) is 94.4. The molecule has 0 atom stereocenters. The number of ether oxygens (including phenoxy) is 3. The number of aromatic nitrogens is 15. The Morgan fingerprint density at radius 2 is 0.635 bits per heavy atom. The molecule has 30 nitrogen and oxygen atoms in total. The number of piperazine rings is 4. The molecule has 7 aromatic carbocycles. The van der Waals surface area contributed by atoms with Crippen LogP contribution in [0.15, 0.2) is 256 Å². The fourth-order valence-corrected chi connectivity index (χ4v) is 17.0. The predicted octanol–water partition coefficient (Wildman–Crippen LogP) is 15.1. The maximum Gasteiger partial charge on any atom is 0.244 e. The van der Waals surface area contributed by atoms with Gasteiger partial charge in [0.1, 0.15) is 44.1 Å². The van der Waals surface area contributed by atoms with Crippen LogP contribution in [0.25, 0.3) is 78.8 Å². The van der Waals surface area contributed by atoms with Gasteiger partial charge in [-0.3, -0.25) is 37.9 Å². The molecule has 702 valence electrons. The second kappa shape index (κ2) is 44.4. The smallest absolute Gasteiger partial charge is 0.244 e. The molecule has 4 aliphatic heterocycles. The van der Waals surface area contributed by atoms with Crippen LogP contribution in [-0.4, -0.2) is 243 Å². The van der Waals surface area contributed by atoms with Gasteiger partial charge < -0.3 is 53.4 Å². The van der Waals surface area contributed by atoms with Crippen molar-refractivity contribution in [1.29, 1.82) is 0 Å². The van der Waals surface area contributed by atoms with E-state index in [1.807, 2.05) is 129 Å². The molecule has 0 radical (unpaired) electrons. The van der Waals surface area contributed by atoms with E-state index in [1.165, 1.54) is 45.3 Å². The minimum absolute atomic E-state index is 0.0530. The van der Waals surface area contributed by atoms with Gasteiger partial charge in [0, 0.05) is 145 Å². The van der Waals surface area contributed by atoms with Crippen molar-refractivity contribution < 1.29 is 33.4 Å². The third-order valence-electron chi connectivity index (χ3n) is 25.6. The molecule has 0 aliphatic carbocycles. The first-order valence-corrected chi connectivity index (χ1v) is 46.6. The average Bonchev–Trinajstić information content (AvgIpc) is 1.61. The topological polar surface area (TPSA) is 283 Å². The Morgan fingerprint density at radius 1 is 0.292 bits per heavy atom. The number of pyridine rings is 1. The third kappa shape index (κ3) is 23.5. The van der Waals surface area contributed by atoms with E-state index in [9.17, 15) is 19.2 Å². The van der Waals surface area contributed by atoms with Crippen LogP contribution in [0.4, 0.5) is 23.5 Å². The summed E-state index contributed by atoms with van der Waals surface area (Å²) in [5.74, 6) is 5.17. The summed E-state index contributed by atoms with van der Waals surface area (Å²) in [6.45, 7) is 28.5. The number of aryl methyl sites for hydroxylation is 8. The number of rotatable bonds is 23. The molecule has 137 heavy (non-hydrogen) atoms. The second-order valence-corrected chi connectivity index (χ2v) is 34.5. The Kier molecular flexibility index (Phi) is 30.6. The molecule has 8 aromatic heterocycles. The van der Waals surface area contributed by atoms with E-state index in [-0.39, 0.29) is 49.8 Å². The fraction of sp³-hybridized carbons (Fsp3) is 0.299. The van der Waals surface area contributed by atoms with Crippen LogP contribution >= 0.6 is 0 Å². The van der Waals surface area contributed by atoms with E-state index < -0.39 is 0 Å². The van der Waals surface area contributed by atoms with Gasteiger partial charge >= 0.3 is 0 Å². The van der Waals surface area contributed by atoms with E-state index in [2.05, 4.69) is 243 Å². The molecular formula is C107H117N23O7. The Morgan fingerprint density at radius 3 is 0.985 bits per heavy atom. The van der Waals surface area contributed by atoms with Gasteiger partial charge in [-0.05, 0) is 166 Å². The number of hydrogen-bond acceptors (Lipinski definition) is 22. The normalized spacial score (nSPS) is 13.8. The summed E-state index contributed by atoms with van der Waals surface area (Å²) in [6, 6.07) is 73.8. The summed E-state index contributed by atoms with van der Waals surface area (Å²) >= 11 is 0. The lowest BCUT2D eigenvalue weighted by atomic mass is 10.0. The van der Waals surface area contributed by atoms with Crippen molar-refractivity contribution in [3.05, 3.63) is 300 Å². The van der Waals surface area contributed by atoms with Crippen LogP contribution in [0.5, 0.6) is 17.4 Å². The van der Waals surface area contributed by atoms with Crippen molar-refractivity contribution >= 4 is 47.2 Å². The first-order valence-electron chi connectivity index (χ1n) is 46.6. The predicted molar refractivity (Wildman–Crippen MR) is 535 cm³/mol. The van der Waals surface area contributed by atoms with Crippen molar-refractivity contribution in [2.75, 3.05) is 146 Å².